The van der Waals surface area contributed by atoms with Gasteiger partial charge >= 0.3 is 0 Å². The summed E-state index contributed by atoms with van der Waals surface area (Å²) in [6.45, 7) is 0.549. The number of aromatic nitrogens is 2. The minimum Gasteiger partial charge on any atom is -0.491 e. The molecule has 1 aromatic carbocycles. The van der Waals surface area contributed by atoms with Crippen LogP contribution >= 0.6 is 15.9 Å². The Bertz CT molecular complexity index is 762. The lowest BCUT2D eigenvalue weighted by atomic mass is 10.1. The molecule has 0 bridgehead atoms. The van der Waals surface area contributed by atoms with Crippen molar-refractivity contribution >= 4 is 32.5 Å². The van der Waals surface area contributed by atoms with Crippen LogP contribution in [0.1, 0.15) is 5.69 Å². The van der Waals surface area contributed by atoms with E-state index < -0.39 is 0 Å². The van der Waals surface area contributed by atoms with Crippen LogP contribution in [0, 0.1) is 0 Å². The zero-order chi connectivity index (χ0) is 14.7. The summed E-state index contributed by atoms with van der Waals surface area (Å²) in [5.41, 5.74) is 8.46. The van der Waals surface area contributed by atoms with E-state index in [1.165, 1.54) is 0 Å². The van der Waals surface area contributed by atoms with Crippen LogP contribution in [0.15, 0.2) is 53.3 Å². The van der Waals surface area contributed by atoms with Gasteiger partial charge in [-0.2, -0.15) is 0 Å². The maximum Gasteiger partial charge on any atom is 0.145 e. The third-order valence-electron chi connectivity index (χ3n) is 3.15. The number of nitrogens with two attached hydrogens (primary N) is 1. The van der Waals surface area contributed by atoms with E-state index in [9.17, 15) is 0 Å². The molecule has 0 aliphatic heterocycles. The average molecular weight is 344 g/mol. The minimum absolute atomic E-state index is 0.549. The van der Waals surface area contributed by atoms with Crippen LogP contribution in [-0.4, -0.2) is 16.6 Å². The van der Waals surface area contributed by atoms with Gasteiger partial charge in [-0.3, -0.25) is 9.97 Å². The first kappa shape index (κ1) is 13.8. The molecular formula is C16H14BrN3O. The Hall–Kier alpha value is -2.14. The normalized spacial score (nSPS) is 10.7. The van der Waals surface area contributed by atoms with E-state index in [0.29, 0.717) is 12.3 Å². The SMILES string of the molecule is Nc1ccc(OCCc2ccccn2)c2ncc(Br)cc12. The smallest absolute Gasteiger partial charge is 0.145 e. The molecule has 0 saturated heterocycles. The van der Waals surface area contributed by atoms with Crippen molar-refractivity contribution in [3.8, 4) is 5.75 Å². The van der Waals surface area contributed by atoms with Crippen LogP contribution in [0.4, 0.5) is 5.69 Å². The highest BCUT2D eigenvalue weighted by molar-refractivity contribution is 9.10. The highest BCUT2D eigenvalue weighted by Crippen LogP contribution is 2.30. The third kappa shape index (κ3) is 3.13. The van der Waals surface area contributed by atoms with Gasteiger partial charge < -0.3 is 10.5 Å². The Morgan fingerprint density at radius 2 is 2.05 bits per heavy atom. The fraction of sp³-hybridized carbons (Fsp3) is 0.125. The maximum atomic E-state index is 5.99. The molecule has 0 radical (unpaired) electrons. The summed E-state index contributed by atoms with van der Waals surface area (Å²) in [5.74, 6) is 0.739. The topological polar surface area (TPSA) is 61.0 Å². The van der Waals surface area contributed by atoms with Crippen LogP contribution < -0.4 is 10.5 Å². The number of nitrogens with zero attached hydrogens (tertiary/aromatic N) is 2. The van der Waals surface area contributed by atoms with E-state index in [4.69, 9.17) is 10.5 Å². The number of benzene rings is 1. The molecule has 0 aliphatic rings. The second kappa shape index (κ2) is 6.10. The van der Waals surface area contributed by atoms with Gasteiger partial charge in [-0.15, -0.1) is 0 Å². The monoisotopic (exact) mass is 343 g/mol. The van der Waals surface area contributed by atoms with Crippen LogP contribution in [0.5, 0.6) is 5.75 Å². The Kier molecular flexibility index (Phi) is 4.01. The maximum absolute atomic E-state index is 5.99. The first-order valence-corrected chi connectivity index (χ1v) is 7.40. The molecular weight excluding hydrogens is 330 g/mol. The minimum atomic E-state index is 0.549. The van der Waals surface area contributed by atoms with Crippen molar-refractivity contribution in [3.63, 3.8) is 0 Å². The average Bonchev–Trinajstić information content (AvgIpc) is 2.51. The summed E-state index contributed by atoms with van der Waals surface area (Å²) < 4.78 is 6.74. The summed E-state index contributed by atoms with van der Waals surface area (Å²) in [7, 11) is 0. The standard InChI is InChI=1S/C16H14BrN3O/c17-11-9-13-14(18)4-5-15(16(13)20-10-11)21-8-6-12-3-1-2-7-19-12/h1-5,7,9-10H,6,8,18H2. The predicted molar refractivity (Wildman–Crippen MR) is 87.3 cm³/mol. The molecule has 0 saturated carbocycles. The Balaban J connectivity index is 1.80. The molecule has 0 atom stereocenters. The molecule has 2 N–H and O–H groups in total. The van der Waals surface area contributed by atoms with E-state index >= 15 is 0 Å². The van der Waals surface area contributed by atoms with Crippen LogP contribution in [-0.2, 0) is 6.42 Å². The predicted octanol–water partition coefficient (Wildman–Crippen LogP) is 3.60. The largest absolute Gasteiger partial charge is 0.491 e. The van der Waals surface area contributed by atoms with E-state index in [2.05, 4.69) is 25.9 Å². The van der Waals surface area contributed by atoms with Gasteiger partial charge in [-0.25, -0.2) is 0 Å². The van der Waals surface area contributed by atoms with Crippen molar-refractivity contribution in [3.05, 3.63) is 59.0 Å². The number of hydrogen-bond acceptors (Lipinski definition) is 4. The summed E-state index contributed by atoms with van der Waals surface area (Å²) >= 11 is 3.41. The summed E-state index contributed by atoms with van der Waals surface area (Å²) in [5, 5.41) is 0.889. The highest BCUT2D eigenvalue weighted by atomic mass is 79.9. The van der Waals surface area contributed by atoms with Crippen LogP contribution in [0.3, 0.4) is 0 Å². The second-order valence-electron chi connectivity index (χ2n) is 4.62. The highest BCUT2D eigenvalue weighted by Gasteiger charge is 2.07. The number of ether oxygens (including phenoxy) is 1. The van der Waals surface area contributed by atoms with E-state index in [0.717, 1.165) is 33.2 Å². The van der Waals surface area contributed by atoms with Crippen LogP contribution in [0.25, 0.3) is 10.9 Å². The zero-order valence-electron chi connectivity index (χ0n) is 11.3. The van der Waals surface area contributed by atoms with Gasteiger partial charge in [0.2, 0.25) is 0 Å². The first-order valence-electron chi connectivity index (χ1n) is 6.60. The molecule has 0 amide bonds. The molecule has 5 heteroatoms. The van der Waals surface area contributed by atoms with Gasteiger partial charge in [0.25, 0.3) is 0 Å². The number of hydrogen-bond donors (Lipinski definition) is 1. The van der Waals surface area contributed by atoms with Crippen molar-refractivity contribution in [1.82, 2.24) is 9.97 Å². The van der Waals surface area contributed by atoms with E-state index in [1.54, 1.807) is 12.4 Å². The zero-order valence-corrected chi connectivity index (χ0v) is 12.9. The van der Waals surface area contributed by atoms with Crippen molar-refractivity contribution in [2.45, 2.75) is 6.42 Å². The van der Waals surface area contributed by atoms with Crippen molar-refractivity contribution < 1.29 is 4.74 Å². The summed E-state index contributed by atoms with van der Waals surface area (Å²) in [6.07, 6.45) is 4.28. The number of pyridine rings is 2. The molecule has 2 aromatic heterocycles. The fourth-order valence-corrected chi connectivity index (χ4v) is 2.45. The molecule has 21 heavy (non-hydrogen) atoms. The molecule has 0 fully saturated rings. The van der Waals surface area contributed by atoms with Gasteiger partial charge in [0.05, 0.1) is 6.61 Å². The Labute approximate surface area is 131 Å². The lowest BCUT2D eigenvalue weighted by molar-refractivity contribution is 0.323. The molecule has 4 nitrogen and oxygen atoms in total. The molecule has 2 heterocycles. The number of fused-ring (bicyclic) bond motifs is 1. The second-order valence-corrected chi connectivity index (χ2v) is 5.54. The Morgan fingerprint density at radius 1 is 1.14 bits per heavy atom. The van der Waals surface area contributed by atoms with Gasteiger partial charge in [-0.1, -0.05) is 6.07 Å². The van der Waals surface area contributed by atoms with Gasteiger partial charge in [0, 0.05) is 40.1 Å². The lowest BCUT2D eigenvalue weighted by Crippen LogP contribution is -2.04. The number of rotatable bonds is 4. The van der Waals surface area contributed by atoms with E-state index in [-0.39, 0.29) is 0 Å². The molecule has 3 rings (SSSR count). The number of nitrogen functional groups attached to an aromatic ring is 1. The molecule has 106 valence electrons. The van der Waals surface area contributed by atoms with Gasteiger partial charge in [0.15, 0.2) is 0 Å². The first-order chi connectivity index (χ1) is 10.2. The molecule has 0 unspecified atom stereocenters. The third-order valence-corrected chi connectivity index (χ3v) is 3.59. The molecule has 0 aliphatic carbocycles. The lowest BCUT2D eigenvalue weighted by Gasteiger charge is -2.10. The van der Waals surface area contributed by atoms with Crippen molar-refractivity contribution in [1.29, 1.82) is 0 Å². The van der Waals surface area contributed by atoms with E-state index in [1.807, 2.05) is 36.4 Å². The number of halogens is 1. The van der Waals surface area contributed by atoms with Gasteiger partial charge in [-0.05, 0) is 46.3 Å². The fourth-order valence-electron chi connectivity index (χ4n) is 2.12. The van der Waals surface area contributed by atoms with Crippen LogP contribution in [0.2, 0.25) is 0 Å². The summed E-state index contributed by atoms with van der Waals surface area (Å²) in [4.78, 5) is 8.68. The van der Waals surface area contributed by atoms with Gasteiger partial charge in [0.1, 0.15) is 11.3 Å². The molecule has 0 spiro atoms. The molecule has 3 aromatic rings. The van der Waals surface area contributed by atoms with Crippen molar-refractivity contribution in [2.75, 3.05) is 12.3 Å². The quantitative estimate of drug-likeness (QED) is 0.735. The number of anilines is 1. The summed E-state index contributed by atoms with van der Waals surface area (Å²) in [6, 6.07) is 11.5. The van der Waals surface area contributed by atoms with Crippen molar-refractivity contribution in [2.24, 2.45) is 0 Å². The Morgan fingerprint density at radius 3 is 2.86 bits per heavy atom.